The lowest BCUT2D eigenvalue weighted by atomic mass is 9.92. The molecule has 1 aromatic carbocycles. The molecule has 1 heterocycles. The third kappa shape index (κ3) is 5.10. The summed E-state index contributed by atoms with van der Waals surface area (Å²) < 4.78 is 29.9. The fraction of sp³-hybridized carbons (Fsp3) is 0.318. The molecule has 1 aliphatic rings. The van der Waals surface area contributed by atoms with Crippen molar-refractivity contribution in [3.05, 3.63) is 77.5 Å². The molecule has 0 spiro atoms. The highest BCUT2D eigenvalue weighted by molar-refractivity contribution is 5.71. The second kappa shape index (κ2) is 8.89. The Morgan fingerprint density at radius 3 is 2.75 bits per heavy atom. The molecule has 5 nitrogen and oxygen atoms in total. The molecular weight excluding hydrogens is 361 g/mol. The van der Waals surface area contributed by atoms with Crippen molar-refractivity contribution >= 4 is 5.57 Å². The summed E-state index contributed by atoms with van der Waals surface area (Å²) in [6.07, 6.45) is 7.15. The largest absolute Gasteiger partial charge is 0.495 e. The SMILES string of the molecule is C=C/C(=C\C=C(/C)O[C@H]1C[C@@H](OCc2ccc(F)cc2C)C1)c1cc(O)no1. The fourth-order valence-corrected chi connectivity index (χ4v) is 2.94. The summed E-state index contributed by atoms with van der Waals surface area (Å²) in [4.78, 5) is 0. The molecule has 1 aliphatic carbocycles. The normalized spacial score (nSPS) is 20.0. The number of aromatic hydroxyl groups is 1. The number of rotatable bonds is 8. The number of hydrogen-bond donors (Lipinski definition) is 1. The van der Waals surface area contributed by atoms with Crippen molar-refractivity contribution in [2.24, 2.45) is 0 Å². The van der Waals surface area contributed by atoms with Gasteiger partial charge in [0.05, 0.1) is 18.5 Å². The van der Waals surface area contributed by atoms with Crippen LogP contribution >= 0.6 is 0 Å². The number of allylic oxidation sites excluding steroid dienone is 5. The molecule has 0 saturated heterocycles. The Morgan fingerprint density at radius 1 is 1.32 bits per heavy atom. The lowest BCUT2D eigenvalue weighted by molar-refractivity contribution is -0.0882. The van der Waals surface area contributed by atoms with Crippen LogP contribution in [-0.4, -0.2) is 22.5 Å². The van der Waals surface area contributed by atoms with E-state index in [-0.39, 0.29) is 23.9 Å². The summed E-state index contributed by atoms with van der Waals surface area (Å²) in [5, 5.41) is 12.7. The Kier molecular flexibility index (Phi) is 6.31. The standard InChI is InChI=1S/C22H24FNO4/c1-4-16(21-12-22(25)24-28-21)6-5-15(3)27-20-10-19(11-20)26-13-17-7-8-18(23)9-14(17)2/h4-9,12,19-20H,1,10-11,13H2,2-3H3,(H,24,25)/b15-5+,16-6+/t19-,20+. The van der Waals surface area contributed by atoms with Crippen molar-refractivity contribution in [3.8, 4) is 5.88 Å². The zero-order chi connectivity index (χ0) is 20.1. The second-order valence-corrected chi connectivity index (χ2v) is 6.87. The van der Waals surface area contributed by atoms with Crippen molar-refractivity contribution in [1.29, 1.82) is 0 Å². The van der Waals surface area contributed by atoms with Crippen LogP contribution in [0, 0.1) is 12.7 Å². The van der Waals surface area contributed by atoms with Gasteiger partial charge in [-0.3, -0.25) is 0 Å². The molecule has 1 saturated carbocycles. The van der Waals surface area contributed by atoms with E-state index in [9.17, 15) is 9.50 Å². The van der Waals surface area contributed by atoms with E-state index in [1.54, 1.807) is 18.2 Å². The molecule has 0 bridgehead atoms. The molecule has 0 aliphatic heterocycles. The number of nitrogens with zero attached hydrogens (tertiary/aromatic N) is 1. The number of halogens is 1. The van der Waals surface area contributed by atoms with Crippen molar-refractivity contribution in [1.82, 2.24) is 5.16 Å². The summed E-state index contributed by atoms with van der Waals surface area (Å²) >= 11 is 0. The van der Waals surface area contributed by atoms with E-state index in [4.69, 9.17) is 14.0 Å². The Morgan fingerprint density at radius 2 is 2.11 bits per heavy atom. The molecule has 0 radical (unpaired) electrons. The molecule has 28 heavy (non-hydrogen) atoms. The van der Waals surface area contributed by atoms with E-state index in [0.717, 1.165) is 29.7 Å². The van der Waals surface area contributed by atoms with Gasteiger partial charge in [0, 0.05) is 24.5 Å². The third-order valence-electron chi connectivity index (χ3n) is 4.68. The molecule has 148 valence electrons. The topological polar surface area (TPSA) is 64.7 Å². The van der Waals surface area contributed by atoms with Gasteiger partial charge < -0.3 is 19.1 Å². The van der Waals surface area contributed by atoms with Crippen LogP contribution < -0.4 is 0 Å². The minimum Gasteiger partial charge on any atom is -0.495 e. The van der Waals surface area contributed by atoms with Gasteiger partial charge >= 0.3 is 0 Å². The van der Waals surface area contributed by atoms with Gasteiger partial charge in [0.15, 0.2) is 5.76 Å². The highest BCUT2D eigenvalue weighted by Crippen LogP contribution is 2.29. The summed E-state index contributed by atoms with van der Waals surface area (Å²) in [6, 6.07) is 6.17. The summed E-state index contributed by atoms with van der Waals surface area (Å²) in [5.74, 6) is 0.802. The summed E-state index contributed by atoms with van der Waals surface area (Å²) in [6.45, 7) is 7.98. The van der Waals surface area contributed by atoms with Crippen molar-refractivity contribution < 1.29 is 23.5 Å². The molecule has 6 heteroatoms. The number of aromatic nitrogens is 1. The molecular formula is C22H24FNO4. The van der Waals surface area contributed by atoms with E-state index < -0.39 is 0 Å². The Hall–Kier alpha value is -2.86. The van der Waals surface area contributed by atoms with E-state index >= 15 is 0 Å². The molecule has 2 aromatic rings. The molecule has 0 amide bonds. The van der Waals surface area contributed by atoms with Gasteiger partial charge in [0.1, 0.15) is 11.9 Å². The van der Waals surface area contributed by atoms with E-state index in [2.05, 4.69) is 11.7 Å². The van der Waals surface area contributed by atoms with Gasteiger partial charge in [-0.1, -0.05) is 18.7 Å². The highest BCUT2D eigenvalue weighted by Gasteiger charge is 2.31. The predicted molar refractivity (Wildman–Crippen MR) is 104 cm³/mol. The van der Waals surface area contributed by atoms with Gasteiger partial charge in [-0.15, -0.1) is 0 Å². The fourth-order valence-electron chi connectivity index (χ4n) is 2.94. The number of benzene rings is 1. The number of ether oxygens (including phenoxy) is 2. The smallest absolute Gasteiger partial charge is 0.252 e. The summed E-state index contributed by atoms with van der Waals surface area (Å²) in [7, 11) is 0. The van der Waals surface area contributed by atoms with Crippen LogP contribution in [0.1, 0.15) is 36.7 Å². The highest BCUT2D eigenvalue weighted by atomic mass is 19.1. The Balaban J connectivity index is 1.45. The van der Waals surface area contributed by atoms with Crippen LogP contribution in [0.2, 0.25) is 0 Å². The van der Waals surface area contributed by atoms with Gasteiger partial charge in [-0.2, -0.15) is 0 Å². The van der Waals surface area contributed by atoms with Crippen molar-refractivity contribution in [2.45, 2.75) is 45.5 Å². The van der Waals surface area contributed by atoms with Crippen LogP contribution in [0.3, 0.4) is 0 Å². The average Bonchev–Trinajstić information content (AvgIpc) is 3.05. The van der Waals surface area contributed by atoms with Gasteiger partial charge in [0.25, 0.3) is 5.88 Å². The first-order valence-corrected chi connectivity index (χ1v) is 9.15. The molecule has 1 fully saturated rings. The maximum Gasteiger partial charge on any atom is 0.252 e. The van der Waals surface area contributed by atoms with Crippen LogP contribution in [0.25, 0.3) is 5.57 Å². The molecule has 0 unspecified atom stereocenters. The first-order chi connectivity index (χ1) is 13.4. The maximum atomic E-state index is 13.1. The minimum absolute atomic E-state index is 0.116. The van der Waals surface area contributed by atoms with Gasteiger partial charge in [-0.05, 0) is 54.4 Å². The van der Waals surface area contributed by atoms with Gasteiger partial charge in [0.2, 0.25) is 0 Å². The monoisotopic (exact) mass is 385 g/mol. The van der Waals surface area contributed by atoms with E-state index in [1.165, 1.54) is 18.2 Å². The van der Waals surface area contributed by atoms with Crippen molar-refractivity contribution in [3.63, 3.8) is 0 Å². The number of aryl methyl sites for hydroxylation is 1. The van der Waals surface area contributed by atoms with Crippen LogP contribution in [0.5, 0.6) is 5.88 Å². The zero-order valence-electron chi connectivity index (χ0n) is 16.0. The van der Waals surface area contributed by atoms with E-state index in [0.29, 0.717) is 17.9 Å². The zero-order valence-corrected chi connectivity index (χ0v) is 16.0. The maximum absolute atomic E-state index is 13.1. The van der Waals surface area contributed by atoms with Crippen LogP contribution in [0.15, 0.2) is 59.4 Å². The van der Waals surface area contributed by atoms with E-state index in [1.807, 2.05) is 19.9 Å². The molecule has 1 aromatic heterocycles. The lowest BCUT2D eigenvalue weighted by Crippen LogP contribution is -2.37. The van der Waals surface area contributed by atoms with Crippen LogP contribution in [-0.2, 0) is 16.1 Å². The first kappa shape index (κ1) is 19.9. The Labute approximate surface area is 163 Å². The lowest BCUT2D eigenvalue weighted by Gasteiger charge is -2.35. The molecule has 0 atom stereocenters. The van der Waals surface area contributed by atoms with Gasteiger partial charge in [-0.25, -0.2) is 4.39 Å². The minimum atomic E-state index is -0.227. The van der Waals surface area contributed by atoms with Crippen molar-refractivity contribution in [2.75, 3.05) is 0 Å². The predicted octanol–water partition coefficient (Wildman–Crippen LogP) is 5.07. The quantitative estimate of drug-likeness (QED) is 0.508. The molecule has 1 N–H and O–H groups in total. The van der Waals surface area contributed by atoms with Crippen LogP contribution in [0.4, 0.5) is 4.39 Å². The first-order valence-electron chi connectivity index (χ1n) is 9.15. The third-order valence-corrected chi connectivity index (χ3v) is 4.68. The molecule has 3 rings (SSSR count). The average molecular weight is 385 g/mol. The summed E-state index contributed by atoms with van der Waals surface area (Å²) in [5.41, 5.74) is 2.60. The Bertz CT molecular complexity index is 894. The second-order valence-electron chi connectivity index (χ2n) is 6.87. The number of hydrogen-bond acceptors (Lipinski definition) is 5.